The summed E-state index contributed by atoms with van der Waals surface area (Å²) < 4.78 is 45.2. The summed E-state index contributed by atoms with van der Waals surface area (Å²) in [5.41, 5.74) is -0.0882. The third-order valence-electron chi connectivity index (χ3n) is 2.92. The lowest BCUT2D eigenvalue weighted by Crippen LogP contribution is -2.08. The first-order chi connectivity index (χ1) is 9.93. The first-order valence-electron chi connectivity index (χ1n) is 5.93. The molecule has 0 aliphatic carbocycles. The molecule has 2 nitrogen and oxygen atoms in total. The molecule has 0 aliphatic rings. The Balaban J connectivity index is 2.43. The topological polar surface area (TPSA) is 26.3 Å². The summed E-state index contributed by atoms with van der Waals surface area (Å²) in [5.74, 6) is -4.13. The van der Waals surface area contributed by atoms with Crippen molar-refractivity contribution in [2.45, 2.75) is 6.42 Å². The number of carbonyl (C=O) groups excluding carboxylic acids is 1. The van der Waals surface area contributed by atoms with E-state index in [0.717, 1.165) is 19.2 Å². The van der Waals surface area contributed by atoms with Gasteiger partial charge in [0.15, 0.2) is 11.6 Å². The van der Waals surface area contributed by atoms with Crippen LogP contribution in [-0.2, 0) is 11.2 Å². The molecule has 0 bridgehead atoms. The monoisotopic (exact) mass is 314 g/mol. The second kappa shape index (κ2) is 6.18. The summed E-state index contributed by atoms with van der Waals surface area (Å²) in [6.07, 6.45) is -0.0341. The number of carbonyl (C=O) groups is 1. The molecule has 0 aliphatic heterocycles. The summed E-state index contributed by atoms with van der Waals surface area (Å²) in [7, 11) is 1.06. The molecule has 2 rings (SSSR count). The third kappa shape index (κ3) is 3.19. The molecule has 0 fully saturated rings. The normalized spacial score (nSPS) is 10.5. The summed E-state index contributed by atoms with van der Waals surface area (Å²) in [6.45, 7) is 0. The van der Waals surface area contributed by atoms with Gasteiger partial charge in [0.25, 0.3) is 0 Å². The van der Waals surface area contributed by atoms with E-state index in [1.54, 1.807) is 6.07 Å². The van der Waals surface area contributed by atoms with Gasteiger partial charge in [0.05, 0.1) is 17.7 Å². The molecule has 0 aromatic heterocycles. The number of halogens is 4. The molecule has 0 saturated heterocycles. The van der Waals surface area contributed by atoms with Crippen molar-refractivity contribution in [2.75, 3.05) is 7.11 Å². The van der Waals surface area contributed by atoms with Crippen molar-refractivity contribution in [3.8, 4) is 0 Å². The van der Waals surface area contributed by atoms with Gasteiger partial charge >= 0.3 is 5.97 Å². The van der Waals surface area contributed by atoms with E-state index < -0.39 is 29.0 Å². The van der Waals surface area contributed by atoms with Crippen molar-refractivity contribution < 1.29 is 22.7 Å². The Morgan fingerprint density at radius 3 is 2.57 bits per heavy atom. The lowest BCUT2D eigenvalue weighted by atomic mass is 10.0. The van der Waals surface area contributed by atoms with Crippen molar-refractivity contribution in [3.63, 3.8) is 0 Å². The standard InChI is InChI=1S/C15H10ClF3O2/c1-21-15(20)10-6-8(7-12(17)14(10)19)5-9-3-2-4-11(16)13(9)18/h2-4,6-7H,5H2,1H3. The number of hydrogen-bond acceptors (Lipinski definition) is 2. The maximum atomic E-state index is 13.8. The van der Waals surface area contributed by atoms with Crippen LogP contribution in [0.25, 0.3) is 0 Å². The van der Waals surface area contributed by atoms with Gasteiger partial charge in [-0.25, -0.2) is 18.0 Å². The van der Waals surface area contributed by atoms with Crippen LogP contribution in [0.3, 0.4) is 0 Å². The predicted molar refractivity (Wildman–Crippen MR) is 71.9 cm³/mol. The molecule has 2 aromatic carbocycles. The Kier molecular flexibility index (Phi) is 4.53. The fraction of sp³-hybridized carbons (Fsp3) is 0.133. The molecule has 0 amide bonds. The summed E-state index contributed by atoms with van der Waals surface area (Å²) in [5, 5.41) is -0.0664. The molecule has 6 heteroatoms. The molecule has 0 spiro atoms. The predicted octanol–water partition coefficient (Wildman–Crippen LogP) is 4.13. The summed E-state index contributed by atoms with van der Waals surface area (Å²) in [4.78, 5) is 11.4. The van der Waals surface area contributed by atoms with E-state index in [1.165, 1.54) is 12.1 Å². The zero-order valence-corrected chi connectivity index (χ0v) is 11.7. The van der Waals surface area contributed by atoms with Gasteiger partial charge in [-0.15, -0.1) is 0 Å². The Bertz CT molecular complexity index is 702. The van der Waals surface area contributed by atoms with E-state index in [9.17, 15) is 18.0 Å². The van der Waals surface area contributed by atoms with E-state index in [-0.39, 0.29) is 22.6 Å². The largest absolute Gasteiger partial charge is 0.465 e. The average Bonchev–Trinajstić information content (AvgIpc) is 2.46. The first kappa shape index (κ1) is 15.4. The highest BCUT2D eigenvalue weighted by Gasteiger charge is 2.18. The summed E-state index contributed by atoms with van der Waals surface area (Å²) in [6, 6.07) is 6.43. The number of ether oxygens (including phenoxy) is 1. The van der Waals surface area contributed by atoms with Crippen molar-refractivity contribution in [1.29, 1.82) is 0 Å². The van der Waals surface area contributed by atoms with Gasteiger partial charge in [0.1, 0.15) is 5.82 Å². The fourth-order valence-corrected chi connectivity index (χ4v) is 2.10. The number of esters is 1. The van der Waals surface area contributed by atoms with Crippen LogP contribution in [0.4, 0.5) is 13.2 Å². The molecule has 0 heterocycles. The van der Waals surface area contributed by atoms with E-state index in [0.29, 0.717) is 0 Å². The third-order valence-corrected chi connectivity index (χ3v) is 3.21. The quantitative estimate of drug-likeness (QED) is 0.796. The molecule has 0 atom stereocenters. The second-order valence-electron chi connectivity index (χ2n) is 4.32. The van der Waals surface area contributed by atoms with Crippen LogP contribution in [0, 0.1) is 17.5 Å². The summed E-state index contributed by atoms with van der Waals surface area (Å²) >= 11 is 5.66. The van der Waals surface area contributed by atoms with E-state index in [4.69, 9.17) is 11.6 Å². The van der Waals surface area contributed by atoms with Crippen molar-refractivity contribution in [1.82, 2.24) is 0 Å². The Hall–Kier alpha value is -2.01. The molecule has 21 heavy (non-hydrogen) atoms. The Morgan fingerprint density at radius 2 is 1.90 bits per heavy atom. The number of hydrogen-bond donors (Lipinski definition) is 0. The minimum absolute atomic E-state index is 0.0341. The Labute approximate surface area is 124 Å². The van der Waals surface area contributed by atoms with E-state index in [2.05, 4.69) is 4.74 Å². The van der Waals surface area contributed by atoms with E-state index in [1.807, 2.05) is 0 Å². The van der Waals surface area contributed by atoms with Gasteiger partial charge in [-0.1, -0.05) is 23.7 Å². The highest BCUT2D eigenvalue weighted by atomic mass is 35.5. The highest BCUT2D eigenvalue weighted by molar-refractivity contribution is 6.30. The molecular weight excluding hydrogens is 305 g/mol. The highest BCUT2D eigenvalue weighted by Crippen LogP contribution is 2.23. The molecule has 110 valence electrons. The second-order valence-corrected chi connectivity index (χ2v) is 4.73. The minimum atomic E-state index is -1.29. The average molecular weight is 315 g/mol. The number of rotatable bonds is 3. The first-order valence-corrected chi connectivity index (χ1v) is 6.31. The number of methoxy groups -OCH3 is 1. The maximum Gasteiger partial charge on any atom is 0.340 e. The molecule has 0 unspecified atom stereocenters. The minimum Gasteiger partial charge on any atom is -0.465 e. The van der Waals surface area contributed by atoms with Crippen LogP contribution in [0.2, 0.25) is 5.02 Å². The zero-order valence-electron chi connectivity index (χ0n) is 10.9. The van der Waals surface area contributed by atoms with Gasteiger partial charge in [0.2, 0.25) is 0 Å². The SMILES string of the molecule is COC(=O)c1cc(Cc2cccc(Cl)c2F)cc(F)c1F. The van der Waals surface area contributed by atoms with Crippen molar-refractivity contribution >= 4 is 17.6 Å². The molecule has 2 aromatic rings. The van der Waals surface area contributed by atoms with Crippen LogP contribution in [0.15, 0.2) is 30.3 Å². The van der Waals surface area contributed by atoms with Crippen molar-refractivity contribution in [2.24, 2.45) is 0 Å². The molecule has 0 N–H and O–H groups in total. The lowest BCUT2D eigenvalue weighted by molar-refractivity contribution is 0.0594. The molecule has 0 saturated carbocycles. The van der Waals surface area contributed by atoms with Gasteiger partial charge < -0.3 is 4.74 Å². The van der Waals surface area contributed by atoms with Crippen LogP contribution in [-0.4, -0.2) is 13.1 Å². The van der Waals surface area contributed by atoms with Crippen LogP contribution in [0.5, 0.6) is 0 Å². The lowest BCUT2D eigenvalue weighted by Gasteiger charge is -2.08. The number of benzene rings is 2. The molecular formula is C15H10ClF3O2. The smallest absolute Gasteiger partial charge is 0.340 e. The van der Waals surface area contributed by atoms with Gasteiger partial charge in [-0.2, -0.15) is 0 Å². The van der Waals surface area contributed by atoms with Crippen LogP contribution < -0.4 is 0 Å². The zero-order chi connectivity index (χ0) is 15.6. The van der Waals surface area contributed by atoms with Gasteiger partial charge in [-0.05, 0) is 29.3 Å². The van der Waals surface area contributed by atoms with Crippen LogP contribution >= 0.6 is 11.6 Å². The fourth-order valence-electron chi connectivity index (χ4n) is 1.91. The maximum absolute atomic E-state index is 13.8. The molecule has 0 radical (unpaired) electrons. The van der Waals surface area contributed by atoms with Crippen molar-refractivity contribution in [3.05, 3.63) is 69.5 Å². The van der Waals surface area contributed by atoms with Gasteiger partial charge in [0, 0.05) is 6.42 Å². The van der Waals surface area contributed by atoms with E-state index >= 15 is 0 Å². The van der Waals surface area contributed by atoms with Crippen LogP contribution in [0.1, 0.15) is 21.5 Å². The Morgan fingerprint density at radius 1 is 1.19 bits per heavy atom. The van der Waals surface area contributed by atoms with Gasteiger partial charge in [-0.3, -0.25) is 0 Å².